The molecule has 0 aliphatic rings. The first-order valence-electron chi connectivity index (χ1n) is 6.25. The molecule has 0 aliphatic heterocycles. The Labute approximate surface area is 109 Å². The number of hydrogen-bond acceptors (Lipinski definition) is 2. The molecule has 2 N–H and O–H groups in total. The maximum Gasteiger partial charge on any atom is 0.0501 e. The van der Waals surface area contributed by atoms with E-state index in [-0.39, 0.29) is 5.41 Å². The summed E-state index contributed by atoms with van der Waals surface area (Å²) in [5.74, 6) is 0. The van der Waals surface area contributed by atoms with Gasteiger partial charge < -0.3 is 5.73 Å². The number of benzene rings is 1. The summed E-state index contributed by atoms with van der Waals surface area (Å²) in [6, 6.07) is 12.6. The summed E-state index contributed by atoms with van der Waals surface area (Å²) in [6.07, 6.45) is 2.56. The summed E-state index contributed by atoms with van der Waals surface area (Å²) in [5, 5.41) is 0. The van der Waals surface area contributed by atoms with Crippen LogP contribution in [0.1, 0.15) is 37.6 Å². The van der Waals surface area contributed by atoms with Crippen molar-refractivity contribution < 1.29 is 0 Å². The summed E-state index contributed by atoms with van der Waals surface area (Å²) >= 11 is 0. The van der Waals surface area contributed by atoms with Gasteiger partial charge in [-0.2, -0.15) is 0 Å². The number of aromatic nitrogens is 1. The van der Waals surface area contributed by atoms with Crippen molar-refractivity contribution in [3.63, 3.8) is 0 Å². The molecule has 1 heterocycles. The average Bonchev–Trinajstić information content (AvgIpc) is 2.32. The molecule has 94 valence electrons. The van der Waals surface area contributed by atoms with E-state index in [1.165, 1.54) is 11.1 Å². The van der Waals surface area contributed by atoms with Gasteiger partial charge in [-0.25, -0.2) is 0 Å². The Morgan fingerprint density at radius 2 is 1.67 bits per heavy atom. The van der Waals surface area contributed by atoms with Crippen LogP contribution in [0.5, 0.6) is 0 Å². The lowest BCUT2D eigenvalue weighted by molar-refractivity contribution is 0.590. The fraction of sp³-hybridized carbons (Fsp3) is 0.312. The molecule has 0 saturated heterocycles. The lowest BCUT2D eigenvalue weighted by Crippen LogP contribution is -2.10. The van der Waals surface area contributed by atoms with E-state index >= 15 is 0 Å². The van der Waals surface area contributed by atoms with Gasteiger partial charge in [-0.15, -0.1) is 0 Å². The van der Waals surface area contributed by atoms with Gasteiger partial charge in [0, 0.05) is 12.1 Å². The van der Waals surface area contributed by atoms with Crippen molar-refractivity contribution in [3.05, 3.63) is 59.4 Å². The van der Waals surface area contributed by atoms with E-state index in [9.17, 15) is 0 Å². The second kappa shape index (κ2) is 4.81. The van der Waals surface area contributed by atoms with E-state index in [4.69, 9.17) is 5.73 Å². The summed E-state index contributed by atoms with van der Waals surface area (Å²) in [5.41, 5.74) is 10.2. The first-order valence-corrected chi connectivity index (χ1v) is 6.25. The average molecular weight is 240 g/mol. The SMILES string of the molecule is CC(C)(C)c1ccc(Cc2ccc(N)cn2)cc1. The molecular weight excluding hydrogens is 220 g/mol. The number of hydrogen-bond donors (Lipinski definition) is 1. The molecule has 2 aromatic rings. The number of nitrogen functional groups attached to an aromatic ring is 1. The lowest BCUT2D eigenvalue weighted by atomic mass is 9.86. The molecule has 0 amide bonds. The Morgan fingerprint density at radius 3 is 2.17 bits per heavy atom. The molecule has 0 fully saturated rings. The van der Waals surface area contributed by atoms with Crippen LogP contribution in [-0.4, -0.2) is 4.98 Å². The van der Waals surface area contributed by atoms with Crippen molar-refractivity contribution in [2.45, 2.75) is 32.6 Å². The molecule has 0 unspecified atom stereocenters. The zero-order valence-electron chi connectivity index (χ0n) is 11.3. The fourth-order valence-electron chi connectivity index (χ4n) is 1.87. The predicted octanol–water partition coefficient (Wildman–Crippen LogP) is 3.55. The van der Waals surface area contributed by atoms with Gasteiger partial charge in [0.15, 0.2) is 0 Å². The van der Waals surface area contributed by atoms with Crippen LogP contribution >= 0.6 is 0 Å². The molecule has 0 spiro atoms. The van der Waals surface area contributed by atoms with Crippen LogP contribution in [0.25, 0.3) is 0 Å². The van der Waals surface area contributed by atoms with E-state index in [0.29, 0.717) is 5.69 Å². The predicted molar refractivity (Wildman–Crippen MR) is 76.6 cm³/mol. The van der Waals surface area contributed by atoms with Gasteiger partial charge in [0.25, 0.3) is 0 Å². The summed E-state index contributed by atoms with van der Waals surface area (Å²) in [6.45, 7) is 6.68. The van der Waals surface area contributed by atoms with Crippen LogP contribution in [0.3, 0.4) is 0 Å². The van der Waals surface area contributed by atoms with Gasteiger partial charge in [0.2, 0.25) is 0 Å². The number of nitrogens with two attached hydrogens (primary N) is 1. The minimum atomic E-state index is 0.206. The first-order chi connectivity index (χ1) is 8.45. The minimum absolute atomic E-state index is 0.206. The highest BCUT2D eigenvalue weighted by Crippen LogP contribution is 2.22. The van der Waals surface area contributed by atoms with Gasteiger partial charge in [-0.1, -0.05) is 45.0 Å². The Morgan fingerprint density at radius 1 is 1.00 bits per heavy atom. The molecule has 18 heavy (non-hydrogen) atoms. The summed E-state index contributed by atoms with van der Waals surface area (Å²) < 4.78 is 0. The van der Waals surface area contributed by atoms with Crippen LogP contribution in [-0.2, 0) is 11.8 Å². The molecule has 1 aromatic heterocycles. The van der Waals surface area contributed by atoms with Crippen molar-refractivity contribution in [2.24, 2.45) is 0 Å². The number of rotatable bonds is 2. The second-order valence-electron chi connectivity index (χ2n) is 5.71. The van der Waals surface area contributed by atoms with Crippen molar-refractivity contribution in [3.8, 4) is 0 Å². The number of nitrogens with zero attached hydrogens (tertiary/aromatic N) is 1. The molecule has 1 aromatic carbocycles. The monoisotopic (exact) mass is 240 g/mol. The molecule has 2 nitrogen and oxygen atoms in total. The van der Waals surface area contributed by atoms with Gasteiger partial charge in [-0.3, -0.25) is 4.98 Å². The highest BCUT2D eigenvalue weighted by molar-refractivity contribution is 5.36. The zero-order chi connectivity index (χ0) is 13.2. The highest BCUT2D eigenvalue weighted by Gasteiger charge is 2.12. The molecule has 0 radical (unpaired) electrons. The molecule has 0 atom stereocenters. The van der Waals surface area contributed by atoms with Crippen LogP contribution in [0.4, 0.5) is 5.69 Å². The smallest absolute Gasteiger partial charge is 0.0501 e. The minimum Gasteiger partial charge on any atom is -0.397 e. The van der Waals surface area contributed by atoms with Crippen LogP contribution in [0.2, 0.25) is 0 Å². The Kier molecular flexibility index (Phi) is 3.37. The van der Waals surface area contributed by atoms with Crippen LogP contribution in [0.15, 0.2) is 42.6 Å². The maximum absolute atomic E-state index is 5.63. The first kappa shape index (κ1) is 12.6. The Balaban J connectivity index is 2.13. The summed E-state index contributed by atoms with van der Waals surface area (Å²) in [7, 11) is 0. The van der Waals surface area contributed by atoms with Gasteiger partial charge in [-0.05, 0) is 28.7 Å². The van der Waals surface area contributed by atoms with E-state index in [2.05, 4.69) is 50.0 Å². The second-order valence-corrected chi connectivity index (χ2v) is 5.71. The van der Waals surface area contributed by atoms with E-state index in [0.717, 1.165) is 12.1 Å². The number of anilines is 1. The van der Waals surface area contributed by atoms with Crippen LogP contribution in [0, 0.1) is 0 Å². The van der Waals surface area contributed by atoms with Gasteiger partial charge >= 0.3 is 0 Å². The summed E-state index contributed by atoms with van der Waals surface area (Å²) in [4.78, 5) is 4.32. The molecule has 2 rings (SSSR count). The quantitative estimate of drug-likeness (QED) is 0.871. The van der Waals surface area contributed by atoms with Crippen molar-refractivity contribution in [1.29, 1.82) is 0 Å². The third kappa shape index (κ3) is 3.10. The molecule has 2 heteroatoms. The topological polar surface area (TPSA) is 38.9 Å². The highest BCUT2D eigenvalue weighted by atomic mass is 14.7. The molecular formula is C16H20N2. The zero-order valence-corrected chi connectivity index (χ0v) is 11.3. The van der Waals surface area contributed by atoms with Crippen molar-refractivity contribution in [2.75, 3.05) is 5.73 Å². The Bertz CT molecular complexity index is 504. The maximum atomic E-state index is 5.63. The third-order valence-electron chi connectivity index (χ3n) is 3.05. The molecule has 0 aliphatic carbocycles. The van der Waals surface area contributed by atoms with Gasteiger partial charge in [0.1, 0.15) is 0 Å². The van der Waals surface area contributed by atoms with E-state index < -0.39 is 0 Å². The number of pyridine rings is 1. The molecule has 0 saturated carbocycles. The third-order valence-corrected chi connectivity index (χ3v) is 3.05. The lowest BCUT2D eigenvalue weighted by Gasteiger charge is -2.19. The van der Waals surface area contributed by atoms with E-state index in [1.807, 2.05) is 12.1 Å². The van der Waals surface area contributed by atoms with Gasteiger partial charge in [0.05, 0.1) is 11.9 Å². The largest absolute Gasteiger partial charge is 0.397 e. The standard InChI is InChI=1S/C16H20N2/c1-16(2,3)13-6-4-12(5-7-13)10-15-9-8-14(17)11-18-15/h4-9,11H,10,17H2,1-3H3. The van der Waals surface area contributed by atoms with E-state index in [1.54, 1.807) is 6.20 Å². The normalized spacial score (nSPS) is 11.5. The Hall–Kier alpha value is -1.83. The van der Waals surface area contributed by atoms with Crippen molar-refractivity contribution >= 4 is 5.69 Å². The molecule has 0 bridgehead atoms. The fourth-order valence-corrected chi connectivity index (χ4v) is 1.87. The van der Waals surface area contributed by atoms with Crippen LogP contribution < -0.4 is 5.73 Å². The van der Waals surface area contributed by atoms with Crippen molar-refractivity contribution in [1.82, 2.24) is 4.98 Å².